The Kier molecular flexibility index (Phi) is 9.08. The van der Waals surface area contributed by atoms with Crippen LogP contribution in [0.4, 0.5) is 4.79 Å². The maximum Gasteiger partial charge on any atom is 0.407 e. The van der Waals surface area contributed by atoms with Crippen molar-refractivity contribution < 1.29 is 24.2 Å². The van der Waals surface area contributed by atoms with Crippen molar-refractivity contribution in [3.63, 3.8) is 0 Å². The van der Waals surface area contributed by atoms with Crippen molar-refractivity contribution in [3.05, 3.63) is 59.7 Å². The van der Waals surface area contributed by atoms with Crippen LogP contribution in [0, 0.1) is 5.92 Å². The number of fused-ring (bicyclic) bond motifs is 3. The van der Waals surface area contributed by atoms with Gasteiger partial charge in [0, 0.05) is 18.9 Å². The molecule has 0 aliphatic heterocycles. The van der Waals surface area contributed by atoms with Crippen LogP contribution in [-0.2, 0) is 14.3 Å². The fourth-order valence-corrected chi connectivity index (χ4v) is 4.54. The minimum atomic E-state index is -0.805. The van der Waals surface area contributed by atoms with E-state index >= 15 is 0 Å². The van der Waals surface area contributed by atoms with Crippen molar-refractivity contribution >= 4 is 18.0 Å². The predicted octanol–water partition coefficient (Wildman–Crippen LogP) is 4.70. The van der Waals surface area contributed by atoms with Crippen molar-refractivity contribution in [2.24, 2.45) is 5.92 Å². The van der Waals surface area contributed by atoms with E-state index in [0.717, 1.165) is 28.7 Å². The number of carbonyl (C=O) groups excluding carboxylic acids is 2. The van der Waals surface area contributed by atoms with Crippen LogP contribution in [0.3, 0.4) is 0 Å². The molecule has 0 saturated carbocycles. The molecule has 2 amide bonds. The Balaban J connectivity index is 1.49. The zero-order valence-electron chi connectivity index (χ0n) is 19.9. The standard InChI is InChI=1S/C27H34N2O5/c1-3-18(13-14-25(30)31)15-16-28-26(32)24(4-2)29-27(33)34-17-23-21-11-7-5-9-19(21)20-10-6-8-12-22(20)23/h5-12,18,23-24H,3-4,13-17H2,1-2H3,(H,28,32)(H,29,33)(H,30,31)/t18?,24-/m1/s1. The van der Waals surface area contributed by atoms with E-state index in [-0.39, 0.29) is 30.8 Å². The molecule has 0 radical (unpaired) electrons. The smallest absolute Gasteiger partial charge is 0.407 e. The molecule has 1 aliphatic rings. The van der Waals surface area contributed by atoms with E-state index in [1.54, 1.807) is 0 Å². The van der Waals surface area contributed by atoms with Crippen LogP contribution in [0.2, 0.25) is 0 Å². The molecule has 0 spiro atoms. The summed E-state index contributed by atoms with van der Waals surface area (Å²) in [5, 5.41) is 14.4. The molecule has 2 atom stereocenters. The lowest BCUT2D eigenvalue weighted by Gasteiger charge is -2.19. The Morgan fingerprint density at radius 3 is 2.12 bits per heavy atom. The van der Waals surface area contributed by atoms with Gasteiger partial charge in [-0.05, 0) is 47.4 Å². The summed E-state index contributed by atoms with van der Waals surface area (Å²) >= 11 is 0. The van der Waals surface area contributed by atoms with Gasteiger partial charge in [-0.2, -0.15) is 0 Å². The van der Waals surface area contributed by atoms with Gasteiger partial charge in [-0.15, -0.1) is 0 Å². The van der Waals surface area contributed by atoms with E-state index in [9.17, 15) is 14.4 Å². The highest BCUT2D eigenvalue weighted by molar-refractivity contribution is 5.85. The number of carboxylic acid groups (broad SMARTS) is 1. The monoisotopic (exact) mass is 466 g/mol. The summed E-state index contributed by atoms with van der Waals surface area (Å²) in [5.41, 5.74) is 4.59. The first-order valence-corrected chi connectivity index (χ1v) is 12.1. The maximum absolute atomic E-state index is 12.6. The van der Waals surface area contributed by atoms with Crippen LogP contribution in [0.25, 0.3) is 11.1 Å². The molecule has 34 heavy (non-hydrogen) atoms. The van der Waals surface area contributed by atoms with Crippen LogP contribution in [0.15, 0.2) is 48.5 Å². The minimum absolute atomic E-state index is 0.0381. The Bertz CT molecular complexity index is 961. The lowest BCUT2D eigenvalue weighted by atomic mass is 9.96. The lowest BCUT2D eigenvalue weighted by molar-refractivity contribution is -0.137. The average Bonchev–Trinajstić information content (AvgIpc) is 3.16. The number of nitrogens with one attached hydrogen (secondary N) is 2. The first-order chi connectivity index (χ1) is 16.4. The van der Waals surface area contributed by atoms with Crippen molar-refractivity contribution in [1.82, 2.24) is 10.6 Å². The first-order valence-electron chi connectivity index (χ1n) is 12.1. The van der Waals surface area contributed by atoms with Gasteiger partial charge in [0.05, 0.1) is 0 Å². The van der Waals surface area contributed by atoms with Crippen molar-refractivity contribution in [3.8, 4) is 11.1 Å². The molecule has 0 heterocycles. The van der Waals surface area contributed by atoms with E-state index in [4.69, 9.17) is 9.84 Å². The molecule has 7 heteroatoms. The van der Waals surface area contributed by atoms with Gasteiger partial charge in [-0.1, -0.05) is 68.8 Å². The molecule has 182 valence electrons. The molecular weight excluding hydrogens is 432 g/mol. The quantitative estimate of drug-likeness (QED) is 0.421. The summed E-state index contributed by atoms with van der Waals surface area (Å²) in [6.07, 6.45) is 2.11. The number of hydrogen-bond donors (Lipinski definition) is 3. The van der Waals surface area contributed by atoms with Gasteiger partial charge >= 0.3 is 12.1 Å². The van der Waals surface area contributed by atoms with Gasteiger partial charge in [0.15, 0.2) is 0 Å². The van der Waals surface area contributed by atoms with Crippen LogP contribution < -0.4 is 10.6 Å². The highest BCUT2D eigenvalue weighted by Crippen LogP contribution is 2.44. The highest BCUT2D eigenvalue weighted by atomic mass is 16.5. The molecule has 2 aromatic carbocycles. The van der Waals surface area contributed by atoms with Gasteiger partial charge in [0.2, 0.25) is 5.91 Å². The van der Waals surface area contributed by atoms with Gasteiger partial charge < -0.3 is 20.5 Å². The maximum atomic E-state index is 12.6. The molecule has 7 nitrogen and oxygen atoms in total. The van der Waals surface area contributed by atoms with Gasteiger partial charge in [0.25, 0.3) is 0 Å². The molecular formula is C27H34N2O5. The largest absolute Gasteiger partial charge is 0.481 e. The first kappa shape index (κ1) is 25.3. The number of amides is 2. The Labute approximate surface area is 200 Å². The summed E-state index contributed by atoms with van der Waals surface area (Å²) in [6.45, 7) is 4.48. The predicted molar refractivity (Wildman–Crippen MR) is 131 cm³/mol. The number of benzene rings is 2. The second-order valence-electron chi connectivity index (χ2n) is 8.72. The summed E-state index contributed by atoms with van der Waals surface area (Å²) in [6, 6.07) is 15.6. The fourth-order valence-electron chi connectivity index (χ4n) is 4.54. The number of carboxylic acids is 1. The third kappa shape index (κ3) is 6.37. The number of rotatable bonds is 12. The summed E-state index contributed by atoms with van der Waals surface area (Å²) < 4.78 is 5.55. The van der Waals surface area contributed by atoms with Crippen LogP contribution >= 0.6 is 0 Å². The van der Waals surface area contributed by atoms with Crippen molar-refractivity contribution in [1.29, 1.82) is 0 Å². The van der Waals surface area contributed by atoms with Gasteiger partial charge in [-0.25, -0.2) is 4.79 Å². The molecule has 3 rings (SSSR count). The molecule has 2 aromatic rings. The van der Waals surface area contributed by atoms with Crippen molar-refractivity contribution in [2.75, 3.05) is 13.2 Å². The zero-order valence-corrected chi connectivity index (χ0v) is 19.9. The van der Waals surface area contributed by atoms with Gasteiger partial charge in [0.1, 0.15) is 12.6 Å². The average molecular weight is 467 g/mol. The fraction of sp³-hybridized carbons (Fsp3) is 0.444. The normalized spacial score (nSPS) is 13.9. The SMILES string of the molecule is CCC(CCNC(=O)[C@@H](CC)NC(=O)OCC1c2ccccc2-c2ccccc21)CCC(=O)O. The van der Waals surface area contributed by atoms with E-state index in [1.165, 1.54) is 0 Å². The van der Waals surface area contributed by atoms with E-state index in [0.29, 0.717) is 25.8 Å². The van der Waals surface area contributed by atoms with Crippen LogP contribution in [-0.4, -0.2) is 42.3 Å². The third-order valence-electron chi connectivity index (χ3n) is 6.56. The topological polar surface area (TPSA) is 105 Å². The Hall–Kier alpha value is -3.35. The third-order valence-corrected chi connectivity index (χ3v) is 6.56. The second-order valence-corrected chi connectivity index (χ2v) is 8.72. The van der Waals surface area contributed by atoms with E-state index in [1.807, 2.05) is 38.1 Å². The van der Waals surface area contributed by atoms with Crippen LogP contribution in [0.1, 0.15) is 63.0 Å². The highest BCUT2D eigenvalue weighted by Gasteiger charge is 2.29. The number of alkyl carbamates (subject to hydrolysis) is 1. The van der Waals surface area contributed by atoms with Gasteiger partial charge in [-0.3, -0.25) is 9.59 Å². The van der Waals surface area contributed by atoms with Crippen LogP contribution in [0.5, 0.6) is 0 Å². The zero-order chi connectivity index (χ0) is 24.5. The molecule has 0 bridgehead atoms. The molecule has 3 N–H and O–H groups in total. The van der Waals surface area contributed by atoms with Crippen molar-refractivity contribution in [2.45, 2.75) is 57.9 Å². The lowest BCUT2D eigenvalue weighted by Crippen LogP contribution is -2.47. The Morgan fingerprint density at radius 1 is 0.941 bits per heavy atom. The number of carbonyl (C=O) groups is 3. The molecule has 0 fully saturated rings. The molecule has 1 unspecified atom stereocenters. The summed E-state index contributed by atoms with van der Waals surface area (Å²) in [5.74, 6) is -0.861. The molecule has 0 saturated heterocycles. The minimum Gasteiger partial charge on any atom is -0.481 e. The molecule has 0 aromatic heterocycles. The number of ether oxygens (including phenoxy) is 1. The number of hydrogen-bond acceptors (Lipinski definition) is 4. The Morgan fingerprint density at radius 2 is 1.56 bits per heavy atom. The van der Waals surface area contributed by atoms with E-state index < -0.39 is 18.1 Å². The van der Waals surface area contributed by atoms with E-state index in [2.05, 4.69) is 34.9 Å². The number of aliphatic carboxylic acids is 1. The summed E-state index contributed by atoms with van der Waals surface area (Å²) in [4.78, 5) is 35.8. The molecule has 1 aliphatic carbocycles. The second kappa shape index (κ2) is 12.2. The summed E-state index contributed by atoms with van der Waals surface area (Å²) in [7, 11) is 0.